The number of hydrogen-bond donors (Lipinski definition) is 2. The van der Waals surface area contributed by atoms with Crippen LogP contribution in [0.25, 0.3) is 11.2 Å². The number of nitrogens with one attached hydrogen (secondary N) is 1. The van der Waals surface area contributed by atoms with Crippen molar-refractivity contribution in [2.24, 2.45) is 7.05 Å². The van der Waals surface area contributed by atoms with E-state index in [0.717, 1.165) is 10.5 Å². The molecule has 0 aliphatic rings. The van der Waals surface area contributed by atoms with Gasteiger partial charge in [-0.2, -0.15) is 0 Å². The normalized spacial score (nSPS) is 12.7. The Morgan fingerprint density at radius 3 is 3.05 bits per heavy atom. The Morgan fingerprint density at radius 1 is 1.40 bits per heavy atom. The van der Waals surface area contributed by atoms with E-state index in [2.05, 4.69) is 25.3 Å². The molecule has 0 fully saturated rings. The van der Waals surface area contributed by atoms with Gasteiger partial charge in [0.05, 0.1) is 24.5 Å². The van der Waals surface area contributed by atoms with Gasteiger partial charge in [-0.25, -0.2) is 15.0 Å². The second-order valence-electron chi connectivity index (χ2n) is 4.45. The second kappa shape index (κ2) is 5.51. The van der Waals surface area contributed by atoms with Crippen LogP contribution >= 0.6 is 11.3 Å². The molecule has 3 heterocycles. The summed E-state index contributed by atoms with van der Waals surface area (Å²) >= 11 is 1.57. The van der Waals surface area contributed by atoms with Crippen molar-refractivity contribution in [3.8, 4) is 0 Å². The third-order valence-electron chi connectivity index (χ3n) is 2.99. The van der Waals surface area contributed by atoms with Gasteiger partial charge in [0.15, 0.2) is 11.5 Å². The van der Waals surface area contributed by atoms with Gasteiger partial charge in [0.25, 0.3) is 0 Å². The third kappa shape index (κ3) is 2.47. The van der Waals surface area contributed by atoms with E-state index in [-0.39, 0.29) is 12.6 Å². The van der Waals surface area contributed by atoms with Crippen molar-refractivity contribution in [1.82, 2.24) is 24.5 Å². The predicted octanol–water partition coefficient (Wildman–Crippen LogP) is 0.835. The van der Waals surface area contributed by atoms with Gasteiger partial charge in [-0.05, 0) is 0 Å². The van der Waals surface area contributed by atoms with Gasteiger partial charge in [0.1, 0.15) is 11.8 Å². The molecule has 0 aliphatic carbocycles. The summed E-state index contributed by atoms with van der Waals surface area (Å²) in [5.41, 5.74) is 3.25. The van der Waals surface area contributed by atoms with E-state index in [9.17, 15) is 5.11 Å². The quantitative estimate of drug-likeness (QED) is 0.723. The highest BCUT2D eigenvalue weighted by Crippen LogP contribution is 2.18. The Kier molecular flexibility index (Phi) is 3.57. The Balaban J connectivity index is 1.84. The van der Waals surface area contributed by atoms with Crippen LogP contribution in [-0.2, 0) is 13.5 Å². The zero-order chi connectivity index (χ0) is 13.9. The van der Waals surface area contributed by atoms with Crippen LogP contribution in [0.15, 0.2) is 24.4 Å². The van der Waals surface area contributed by atoms with Gasteiger partial charge in [-0.15, -0.1) is 11.3 Å². The number of hydrogen-bond acceptors (Lipinski definition) is 7. The minimum atomic E-state index is -0.129. The predicted molar refractivity (Wildman–Crippen MR) is 76.6 cm³/mol. The fourth-order valence-corrected chi connectivity index (χ4v) is 2.67. The van der Waals surface area contributed by atoms with Crippen molar-refractivity contribution < 1.29 is 5.11 Å². The number of aliphatic hydroxyl groups excluding tert-OH is 1. The molecule has 0 aromatic carbocycles. The lowest BCUT2D eigenvalue weighted by atomic mass is 10.2. The van der Waals surface area contributed by atoms with Crippen molar-refractivity contribution >= 4 is 28.3 Å². The molecule has 3 aromatic heterocycles. The first kappa shape index (κ1) is 12.9. The zero-order valence-electron chi connectivity index (χ0n) is 10.9. The smallest absolute Gasteiger partial charge is 0.165 e. The van der Waals surface area contributed by atoms with Crippen molar-refractivity contribution in [2.45, 2.75) is 12.5 Å². The van der Waals surface area contributed by atoms with Gasteiger partial charge in [0.2, 0.25) is 0 Å². The van der Waals surface area contributed by atoms with E-state index in [1.54, 1.807) is 23.2 Å². The maximum absolute atomic E-state index is 9.52. The molecule has 3 rings (SSSR count). The fraction of sp³-hybridized carbons (Fsp3) is 0.333. The molecule has 0 saturated carbocycles. The molecule has 7 nitrogen and oxygen atoms in total. The molecule has 0 radical (unpaired) electrons. The minimum Gasteiger partial charge on any atom is -0.394 e. The molecule has 0 aliphatic heterocycles. The van der Waals surface area contributed by atoms with Crippen LogP contribution in [0.1, 0.15) is 4.88 Å². The number of aromatic nitrogens is 5. The zero-order valence-corrected chi connectivity index (χ0v) is 11.7. The average molecular weight is 290 g/mol. The minimum absolute atomic E-state index is 0.0101. The lowest BCUT2D eigenvalue weighted by molar-refractivity contribution is 0.274. The monoisotopic (exact) mass is 290 g/mol. The number of fused-ring (bicyclic) bond motifs is 1. The molecular weight excluding hydrogens is 276 g/mol. The van der Waals surface area contributed by atoms with Crippen molar-refractivity contribution in [1.29, 1.82) is 0 Å². The number of thiazole rings is 1. The fourth-order valence-electron chi connectivity index (χ4n) is 1.99. The molecule has 104 valence electrons. The molecule has 8 heteroatoms. The van der Waals surface area contributed by atoms with E-state index in [0.29, 0.717) is 17.8 Å². The summed E-state index contributed by atoms with van der Waals surface area (Å²) in [5.74, 6) is 0.638. The van der Waals surface area contributed by atoms with Crippen LogP contribution in [0.2, 0.25) is 0 Å². The Bertz CT molecular complexity index is 695. The van der Waals surface area contributed by atoms with Crippen LogP contribution in [-0.4, -0.2) is 42.3 Å². The summed E-state index contributed by atoms with van der Waals surface area (Å²) < 4.78 is 1.83. The van der Waals surface area contributed by atoms with E-state index >= 15 is 0 Å². The van der Waals surface area contributed by atoms with Gasteiger partial charge in [0, 0.05) is 24.5 Å². The second-order valence-corrected chi connectivity index (χ2v) is 5.42. The van der Waals surface area contributed by atoms with Crippen LogP contribution in [0.4, 0.5) is 5.82 Å². The van der Waals surface area contributed by atoms with E-state index < -0.39 is 0 Å². The molecule has 1 unspecified atom stereocenters. The first-order valence-electron chi connectivity index (χ1n) is 6.14. The SMILES string of the molecule is Cn1cnc2c(NC(CO)Cc3cncs3)ncnc21. The molecule has 1 atom stereocenters. The molecular formula is C12H14N6OS. The van der Waals surface area contributed by atoms with Crippen molar-refractivity contribution in [3.63, 3.8) is 0 Å². The largest absolute Gasteiger partial charge is 0.394 e. The Hall–Kier alpha value is -2.06. The summed E-state index contributed by atoms with van der Waals surface area (Å²) in [5, 5.41) is 12.7. The highest BCUT2D eigenvalue weighted by Gasteiger charge is 2.14. The summed E-state index contributed by atoms with van der Waals surface area (Å²) in [7, 11) is 1.88. The maximum atomic E-state index is 9.52. The van der Waals surface area contributed by atoms with Crippen LogP contribution in [0.5, 0.6) is 0 Å². The number of aliphatic hydroxyl groups is 1. The number of aryl methyl sites for hydroxylation is 1. The first-order valence-corrected chi connectivity index (χ1v) is 7.02. The molecule has 0 saturated heterocycles. The maximum Gasteiger partial charge on any atom is 0.165 e. The van der Waals surface area contributed by atoms with Gasteiger partial charge < -0.3 is 15.0 Å². The molecule has 20 heavy (non-hydrogen) atoms. The van der Waals surface area contributed by atoms with E-state index in [1.807, 2.05) is 17.8 Å². The van der Waals surface area contributed by atoms with E-state index in [4.69, 9.17) is 0 Å². The standard InChI is InChI=1S/C12H14N6OS/c1-18-6-16-10-11(14-5-15-12(10)18)17-8(4-19)2-9-3-13-7-20-9/h3,5-8,19H,2,4H2,1H3,(H,14,15,17). The Labute approximate surface area is 119 Å². The lowest BCUT2D eigenvalue weighted by Crippen LogP contribution is -2.26. The number of anilines is 1. The molecule has 0 bridgehead atoms. The highest BCUT2D eigenvalue weighted by atomic mass is 32.1. The van der Waals surface area contributed by atoms with Crippen LogP contribution in [0, 0.1) is 0 Å². The number of imidazole rings is 1. The first-order chi connectivity index (χ1) is 9.78. The van der Waals surface area contributed by atoms with Crippen molar-refractivity contribution in [3.05, 3.63) is 29.2 Å². The number of nitrogens with zero attached hydrogens (tertiary/aromatic N) is 5. The molecule has 0 spiro atoms. The average Bonchev–Trinajstić information content (AvgIpc) is 3.09. The van der Waals surface area contributed by atoms with E-state index in [1.165, 1.54) is 6.33 Å². The van der Waals surface area contributed by atoms with Crippen molar-refractivity contribution in [2.75, 3.05) is 11.9 Å². The summed E-state index contributed by atoms with van der Waals surface area (Å²) in [4.78, 5) is 17.8. The lowest BCUT2D eigenvalue weighted by Gasteiger charge is -2.15. The molecule has 2 N–H and O–H groups in total. The van der Waals surface area contributed by atoms with Gasteiger partial charge in [-0.3, -0.25) is 4.98 Å². The van der Waals surface area contributed by atoms with Crippen LogP contribution in [0.3, 0.4) is 0 Å². The molecule has 3 aromatic rings. The Morgan fingerprint density at radius 2 is 2.30 bits per heavy atom. The summed E-state index contributed by atoms with van der Waals surface area (Å²) in [6.07, 6.45) is 5.69. The van der Waals surface area contributed by atoms with Crippen LogP contribution < -0.4 is 5.32 Å². The summed E-state index contributed by atoms with van der Waals surface area (Å²) in [6.45, 7) is 0.0101. The topological polar surface area (TPSA) is 88.8 Å². The van der Waals surface area contributed by atoms with Gasteiger partial charge in [-0.1, -0.05) is 0 Å². The number of rotatable bonds is 5. The molecule has 0 amide bonds. The summed E-state index contributed by atoms with van der Waals surface area (Å²) in [6, 6.07) is -0.129. The highest BCUT2D eigenvalue weighted by molar-refractivity contribution is 7.09. The third-order valence-corrected chi connectivity index (χ3v) is 3.79. The van der Waals surface area contributed by atoms with Gasteiger partial charge >= 0.3 is 0 Å².